The minimum Gasteiger partial charge on any atom is -0.409 e. The maximum absolute atomic E-state index is 11.3. The van der Waals surface area contributed by atoms with Gasteiger partial charge in [0, 0.05) is 6.54 Å². The second-order valence-electron chi connectivity index (χ2n) is 3.59. The quantitative estimate of drug-likeness (QED) is 0.917. The first kappa shape index (κ1) is 12.0. The number of hydrogen-bond acceptors (Lipinski definition) is 2. The normalized spacial score (nSPS) is 10.1. The number of para-hydroxylation sites is 1. The summed E-state index contributed by atoms with van der Waals surface area (Å²) >= 11 is 3.30. The lowest BCUT2D eigenvalue weighted by molar-refractivity contribution is 0.199. The Morgan fingerprint density at radius 2 is 2.13 bits per heavy atom. The molecule has 1 rings (SSSR count). The summed E-state index contributed by atoms with van der Waals surface area (Å²) in [5, 5.41) is 2.68. The number of carbonyl (C=O) groups is 1. The fourth-order valence-electron chi connectivity index (χ4n) is 0.951. The summed E-state index contributed by atoms with van der Waals surface area (Å²) in [7, 11) is 0. The van der Waals surface area contributed by atoms with Crippen LogP contribution in [0.2, 0.25) is 0 Å². The first-order chi connectivity index (χ1) is 7.09. The SMILES string of the molecule is CC(C)CNC(=O)Oc1ccccc1Br. The van der Waals surface area contributed by atoms with Crippen molar-refractivity contribution in [2.24, 2.45) is 5.92 Å². The van der Waals surface area contributed by atoms with E-state index in [1.165, 1.54) is 0 Å². The van der Waals surface area contributed by atoms with Crippen molar-refractivity contribution in [2.75, 3.05) is 6.54 Å². The Bertz CT molecular complexity index is 339. The van der Waals surface area contributed by atoms with Crippen LogP contribution in [0.25, 0.3) is 0 Å². The average molecular weight is 272 g/mol. The lowest BCUT2D eigenvalue weighted by Gasteiger charge is -2.09. The first-order valence-electron chi connectivity index (χ1n) is 4.80. The molecule has 0 heterocycles. The van der Waals surface area contributed by atoms with E-state index in [0.717, 1.165) is 4.47 Å². The van der Waals surface area contributed by atoms with Gasteiger partial charge in [0.1, 0.15) is 5.75 Å². The van der Waals surface area contributed by atoms with E-state index < -0.39 is 6.09 Å². The summed E-state index contributed by atoms with van der Waals surface area (Å²) in [5.41, 5.74) is 0. The molecule has 0 aliphatic carbocycles. The van der Waals surface area contributed by atoms with Gasteiger partial charge in [0.15, 0.2) is 0 Å². The summed E-state index contributed by atoms with van der Waals surface area (Å²) < 4.78 is 5.87. The topological polar surface area (TPSA) is 38.3 Å². The largest absolute Gasteiger partial charge is 0.412 e. The fourth-order valence-corrected chi connectivity index (χ4v) is 1.32. The maximum Gasteiger partial charge on any atom is 0.412 e. The minimum atomic E-state index is -0.421. The van der Waals surface area contributed by atoms with Gasteiger partial charge in [-0.25, -0.2) is 4.79 Å². The summed E-state index contributed by atoms with van der Waals surface area (Å²) in [5.74, 6) is 0.940. The molecule has 0 atom stereocenters. The molecule has 0 aliphatic heterocycles. The zero-order chi connectivity index (χ0) is 11.3. The Kier molecular flexibility index (Phi) is 4.62. The predicted molar refractivity (Wildman–Crippen MR) is 63.0 cm³/mol. The maximum atomic E-state index is 11.3. The fraction of sp³-hybridized carbons (Fsp3) is 0.364. The third-order valence-corrected chi connectivity index (χ3v) is 2.35. The van der Waals surface area contributed by atoms with Crippen molar-refractivity contribution in [3.63, 3.8) is 0 Å². The molecule has 0 aliphatic rings. The van der Waals surface area contributed by atoms with Crippen molar-refractivity contribution in [3.8, 4) is 5.75 Å². The highest BCUT2D eigenvalue weighted by Crippen LogP contribution is 2.23. The molecular formula is C11H14BrNO2. The van der Waals surface area contributed by atoms with E-state index in [0.29, 0.717) is 18.2 Å². The van der Waals surface area contributed by atoms with Crippen molar-refractivity contribution < 1.29 is 9.53 Å². The number of nitrogens with one attached hydrogen (secondary N) is 1. The molecule has 0 fully saturated rings. The van der Waals surface area contributed by atoms with Crippen LogP contribution in [0.15, 0.2) is 28.7 Å². The van der Waals surface area contributed by atoms with E-state index in [1.807, 2.05) is 32.0 Å². The number of carbonyl (C=O) groups excluding carboxylic acids is 1. The molecule has 0 saturated carbocycles. The van der Waals surface area contributed by atoms with E-state index in [9.17, 15) is 4.79 Å². The lowest BCUT2D eigenvalue weighted by Crippen LogP contribution is -2.30. The predicted octanol–water partition coefficient (Wildman–Crippen LogP) is 3.19. The molecule has 0 aromatic heterocycles. The molecule has 0 unspecified atom stereocenters. The minimum absolute atomic E-state index is 0.414. The van der Waals surface area contributed by atoms with Gasteiger partial charge in [0.05, 0.1) is 4.47 Å². The molecule has 0 saturated heterocycles. The Morgan fingerprint density at radius 3 is 2.73 bits per heavy atom. The van der Waals surface area contributed by atoms with Gasteiger partial charge in [-0.3, -0.25) is 0 Å². The molecule has 82 valence electrons. The highest BCUT2D eigenvalue weighted by molar-refractivity contribution is 9.10. The zero-order valence-electron chi connectivity index (χ0n) is 8.79. The van der Waals surface area contributed by atoms with Gasteiger partial charge in [-0.15, -0.1) is 0 Å². The molecule has 0 bridgehead atoms. The Morgan fingerprint density at radius 1 is 1.47 bits per heavy atom. The van der Waals surface area contributed by atoms with Crippen LogP contribution >= 0.6 is 15.9 Å². The second-order valence-corrected chi connectivity index (χ2v) is 4.45. The summed E-state index contributed by atoms with van der Waals surface area (Å²) in [6, 6.07) is 7.24. The number of rotatable bonds is 3. The Balaban J connectivity index is 2.48. The third-order valence-electron chi connectivity index (χ3n) is 1.69. The molecule has 0 spiro atoms. The van der Waals surface area contributed by atoms with E-state index >= 15 is 0 Å². The van der Waals surface area contributed by atoms with Crippen LogP contribution in [0.3, 0.4) is 0 Å². The van der Waals surface area contributed by atoms with Gasteiger partial charge < -0.3 is 10.1 Å². The molecule has 0 radical (unpaired) electrons. The third kappa shape index (κ3) is 4.34. The van der Waals surface area contributed by atoms with E-state index in [1.54, 1.807) is 6.07 Å². The van der Waals surface area contributed by atoms with Crippen LogP contribution in [0.4, 0.5) is 4.79 Å². The van der Waals surface area contributed by atoms with Gasteiger partial charge in [-0.2, -0.15) is 0 Å². The molecule has 3 nitrogen and oxygen atoms in total. The van der Waals surface area contributed by atoms with E-state index in [4.69, 9.17) is 4.74 Å². The molecule has 1 aromatic carbocycles. The summed E-state index contributed by atoms with van der Waals surface area (Å²) in [4.78, 5) is 11.3. The smallest absolute Gasteiger partial charge is 0.409 e. The van der Waals surface area contributed by atoms with E-state index in [-0.39, 0.29) is 0 Å². The standard InChI is InChI=1S/C11H14BrNO2/c1-8(2)7-13-11(14)15-10-6-4-3-5-9(10)12/h3-6,8H,7H2,1-2H3,(H,13,14). The van der Waals surface area contributed by atoms with Gasteiger partial charge in [0.2, 0.25) is 0 Å². The van der Waals surface area contributed by atoms with Crippen molar-refractivity contribution in [1.29, 1.82) is 0 Å². The molecular weight excluding hydrogens is 258 g/mol. The van der Waals surface area contributed by atoms with Gasteiger partial charge >= 0.3 is 6.09 Å². The Hall–Kier alpha value is -1.03. The molecule has 1 aromatic rings. The van der Waals surface area contributed by atoms with Crippen LogP contribution in [-0.4, -0.2) is 12.6 Å². The van der Waals surface area contributed by atoms with Crippen molar-refractivity contribution in [3.05, 3.63) is 28.7 Å². The van der Waals surface area contributed by atoms with Crippen LogP contribution < -0.4 is 10.1 Å². The van der Waals surface area contributed by atoms with Gasteiger partial charge in [-0.1, -0.05) is 26.0 Å². The van der Waals surface area contributed by atoms with Crippen molar-refractivity contribution in [1.82, 2.24) is 5.32 Å². The van der Waals surface area contributed by atoms with Crippen molar-refractivity contribution in [2.45, 2.75) is 13.8 Å². The second kappa shape index (κ2) is 5.75. The number of amides is 1. The number of ether oxygens (including phenoxy) is 1. The summed E-state index contributed by atoms with van der Waals surface area (Å²) in [6.07, 6.45) is -0.421. The number of hydrogen-bond donors (Lipinski definition) is 1. The van der Waals surface area contributed by atoms with Gasteiger partial charge in [0.25, 0.3) is 0 Å². The van der Waals surface area contributed by atoms with Gasteiger partial charge in [-0.05, 0) is 34.0 Å². The van der Waals surface area contributed by atoms with Crippen LogP contribution in [0, 0.1) is 5.92 Å². The summed E-state index contributed by atoms with van der Waals surface area (Å²) in [6.45, 7) is 4.67. The monoisotopic (exact) mass is 271 g/mol. The molecule has 1 N–H and O–H groups in total. The van der Waals surface area contributed by atoms with Crippen LogP contribution in [0.5, 0.6) is 5.75 Å². The average Bonchev–Trinajstić information content (AvgIpc) is 2.18. The molecule has 15 heavy (non-hydrogen) atoms. The molecule has 4 heteroatoms. The first-order valence-corrected chi connectivity index (χ1v) is 5.59. The van der Waals surface area contributed by atoms with E-state index in [2.05, 4.69) is 21.2 Å². The van der Waals surface area contributed by atoms with Crippen LogP contribution in [0.1, 0.15) is 13.8 Å². The molecule has 1 amide bonds. The van der Waals surface area contributed by atoms with Crippen LogP contribution in [-0.2, 0) is 0 Å². The highest BCUT2D eigenvalue weighted by Gasteiger charge is 2.06. The lowest BCUT2D eigenvalue weighted by atomic mass is 10.2. The van der Waals surface area contributed by atoms with Crippen molar-refractivity contribution >= 4 is 22.0 Å². The Labute approximate surface area is 97.9 Å². The highest BCUT2D eigenvalue weighted by atomic mass is 79.9. The number of halogens is 1. The number of benzene rings is 1. The zero-order valence-corrected chi connectivity index (χ0v) is 10.4.